The maximum absolute atomic E-state index is 5.64. The summed E-state index contributed by atoms with van der Waals surface area (Å²) in [4.78, 5) is 0. The van der Waals surface area contributed by atoms with Crippen molar-refractivity contribution in [1.82, 2.24) is 0 Å². The molecule has 0 aromatic carbocycles. The van der Waals surface area contributed by atoms with Gasteiger partial charge in [0.05, 0.1) is 6.10 Å². The van der Waals surface area contributed by atoms with Gasteiger partial charge in [-0.05, 0) is 30.9 Å². The summed E-state index contributed by atoms with van der Waals surface area (Å²) in [6.07, 6.45) is 7.40. The second-order valence-corrected chi connectivity index (χ2v) is 2.97. The second kappa shape index (κ2) is 4.15. The van der Waals surface area contributed by atoms with Crippen LogP contribution in [0.2, 0.25) is 0 Å². The van der Waals surface area contributed by atoms with Crippen molar-refractivity contribution >= 4 is 0 Å². The maximum Gasteiger partial charge on any atom is 0.122 e. The minimum absolute atomic E-state index is 0.444. The molecule has 0 atom stereocenters. The van der Waals surface area contributed by atoms with Gasteiger partial charge < -0.3 is 4.74 Å². The van der Waals surface area contributed by atoms with Crippen molar-refractivity contribution in [2.45, 2.75) is 32.3 Å². The first kappa shape index (κ1) is 9.11. The third kappa shape index (κ3) is 2.26. The molecule has 12 heavy (non-hydrogen) atoms. The lowest BCUT2D eigenvalue weighted by molar-refractivity contribution is 0.206. The Bertz CT molecular complexity index is 209. The van der Waals surface area contributed by atoms with Gasteiger partial charge in [0.2, 0.25) is 0 Å². The Kier molecular flexibility index (Phi) is 3.15. The van der Waals surface area contributed by atoms with Gasteiger partial charge in [-0.2, -0.15) is 0 Å². The van der Waals surface area contributed by atoms with E-state index in [0.29, 0.717) is 6.10 Å². The summed E-state index contributed by atoms with van der Waals surface area (Å²) in [5.41, 5.74) is 1.15. The van der Waals surface area contributed by atoms with Crippen LogP contribution < -0.4 is 0 Å². The van der Waals surface area contributed by atoms with Crippen LogP contribution in [0.15, 0.2) is 36.6 Å². The highest BCUT2D eigenvalue weighted by molar-refractivity contribution is 5.27. The second-order valence-electron chi connectivity index (χ2n) is 2.97. The summed E-state index contributed by atoms with van der Waals surface area (Å²) < 4.78 is 5.64. The van der Waals surface area contributed by atoms with Gasteiger partial charge in [-0.3, -0.25) is 0 Å². The van der Waals surface area contributed by atoms with Crippen LogP contribution in [0.4, 0.5) is 0 Å². The molecule has 1 saturated carbocycles. The maximum atomic E-state index is 5.64. The fourth-order valence-electron chi connectivity index (χ4n) is 1.04. The van der Waals surface area contributed by atoms with Gasteiger partial charge >= 0.3 is 0 Å². The molecule has 66 valence electrons. The molecule has 1 rings (SSSR count). The number of rotatable bonds is 5. The Morgan fingerprint density at radius 1 is 1.42 bits per heavy atom. The minimum atomic E-state index is 0.444. The highest BCUT2D eigenvalue weighted by Crippen LogP contribution is 2.28. The van der Waals surface area contributed by atoms with Crippen molar-refractivity contribution in [2.75, 3.05) is 0 Å². The van der Waals surface area contributed by atoms with Crippen LogP contribution in [0.5, 0.6) is 0 Å². The van der Waals surface area contributed by atoms with E-state index in [1.165, 1.54) is 12.8 Å². The molecule has 1 fully saturated rings. The largest absolute Gasteiger partial charge is 0.490 e. The van der Waals surface area contributed by atoms with Gasteiger partial charge in [-0.1, -0.05) is 26.2 Å². The third-order valence-corrected chi connectivity index (χ3v) is 1.95. The van der Waals surface area contributed by atoms with E-state index in [1.54, 1.807) is 6.08 Å². The van der Waals surface area contributed by atoms with Crippen molar-refractivity contribution in [2.24, 2.45) is 0 Å². The lowest BCUT2D eigenvalue weighted by atomic mass is 10.1. The number of hydrogen-bond donors (Lipinski definition) is 0. The summed E-state index contributed by atoms with van der Waals surface area (Å²) in [6.45, 7) is 9.56. The number of hydrogen-bond acceptors (Lipinski definition) is 1. The molecule has 0 unspecified atom stereocenters. The van der Waals surface area contributed by atoms with Crippen molar-refractivity contribution < 1.29 is 4.74 Å². The van der Waals surface area contributed by atoms with Crippen molar-refractivity contribution in [1.29, 1.82) is 0 Å². The monoisotopic (exact) mass is 164 g/mol. The standard InChI is InChI=1S/C11H16O/c1-4-9(5-2)11(6-3)12-10-7-8-10/h4,6,10H,1,3,5,7-8H2,2H3/b11-9-. The van der Waals surface area contributed by atoms with Gasteiger partial charge in [-0.25, -0.2) is 0 Å². The Hall–Kier alpha value is -0.980. The van der Waals surface area contributed by atoms with Gasteiger partial charge in [0.25, 0.3) is 0 Å². The van der Waals surface area contributed by atoms with Crippen molar-refractivity contribution in [3.05, 3.63) is 36.6 Å². The Morgan fingerprint density at radius 2 is 2.08 bits per heavy atom. The highest BCUT2D eigenvalue weighted by atomic mass is 16.5. The minimum Gasteiger partial charge on any atom is -0.490 e. The summed E-state index contributed by atoms with van der Waals surface area (Å²) >= 11 is 0. The Morgan fingerprint density at radius 3 is 2.42 bits per heavy atom. The van der Waals surface area contributed by atoms with Gasteiger partial charge in [0, 0.05) is 0 Å². The smallest absolute Gasteiger partial charge is 0.122 e. The first-order valence-corrected chi connectivity index (χ1v) is 4.46. The first-order valence-electron chi connectivity index (χ1n) is 4.46. The van der Waals surface area contributed by atoms with Gasteiger partial charge in [0.15, 0.2) is 0 Å². The molecule has 1 aliphatic rings. The molecule has 1 heteroatoms. The topological polar surface area (TPSA) is 9.23 Å². The lowest BCUT2D eigenvalue weighted by Crippen LogP contribution is -1.95. The van der Waals surface area contributed by atoms with Crippen LogP contribution in [-0.4, -0.2) is 6.10 Å². The van der Waals surface area contributed by atoms with E-state index in [2.05, 4.69) is 20.1 Å². The molecule has 0 aromatic rings. The van der Waals surface area contributed by atoms with Crippen LogP contribution in [0.1, 0.15) is 26.2 Å². The van der Waals surface area contributed by atoms with Crippen molar-refractivity contribution in [3.8, 4) is 0 Å². The van der Waals surface area contributed by atoms with E-state index in [9.17, 15) is 0 Å². The van der Waals surface area contributed by atoms with Crippen LogP contribution >= 0.6 is 0 Å². The van der Waals surface area contributed by atoms with E-state index in [0.717, 1.165) is 17.8 Å². The molecule has 0 N–H and O–H groups in total. The Labute approximate surface area is 74.4 Å². The van der Waals surface area contributed by atoms with E-state index >= 15 is 0 Å². The molecule has 0 aromatic heterocycles. The average molecular weight is 164 g/mol. The van der Waals surface area contributed by atoms with E-state index in [1.807, 2.05) is 6.08 Å². The van der Waals surface area contributed by atoms with Crippen LogP contribution in [0.25, 0.3) is 0 Å². The van der Waals surface area contributed by atoms with Gasteiger partial charge in [0.1, 0.15) is 5.76 Å². The van der Waals surface area contributed by atoms with Crippen LogP contribution in [-0.2, 0) is 4.74 Å². The summed E-state index contributed by atoms with van der Waals surface area (Å²) in [5, 5.41) is 0. The fourth-order valence-corrected chi connectivity index (χ4v) is 1.04. The zero-order valence-electron chi connectivity index (χ0n) is 7.68. The zero-order chi connectivity index (χ0) is 8.97. The SMILES string of the molecule is C=C/C(CC)=C(\C=C)OC1CC1. The molecular weight excluding hydrogens is 148 g/mol. The van der Waals surface area contributed by atoms with Crippen LogP contribution in [0, 0.1) is 0 Å². The molecule has 0 bridgehead atoms. The molecule has 0 heterocycles. The molecule has 0 amide bonds. The molecule has 0 aliphatic heterocycles. The number of ether oxygens (including phenoxy) is 1. The van der Waals surface area contributed by atoms with Crippen LogP contribution in [0.3, 0.4) is 0 Å². The first-order chi connectivity index (χ1) is 5.81. The highest BCUT2D eigenvalue weighted by Gasteiger charge is 2.24. The number of allylic oxidation sites excluding steroid dienone is 3. The lowest BCUT2D eigenvalue weighted by Gasteiger charge is -2.08. The average Bonchev–Trinajstić information content (AvgIpc) is 2.88. The zero-order valence-corrected chi connectivity index (χ0v) is 7.68. The molecule has 0 spiro atoms. The molecule has 1 aliphatic carbocycles. The summed E-state index contributed by atoms with van der Waals surface area (Å²) in [7, 11) is 0. The summed E-state index contributed by atoms with van der Waals surface area (Å²) in [6, 6.07) is 0. The van der Waals surface area contributed by atoms with E-state index < -0.39 is 0 Å². The molecular formula is C11H16O. The van der Waals surface area contributed by atoms with E-state index in [-0.39, 0.29) is 0 Å². The molecule has 1 nitrogen and oxygen atoms in total. The fraction of sp³-hybridized carbons (Fsp3) is 0.455. The molecule has 0 radical (unpaired) electrons. The predicted molar refractivity (Wildman–Crippen MR) is 51.8 cm³/mol. The normalized spacial score (nSPS) is 18.1. The Balaban J connectivity index is 2.65. The summed E-state index contributed by atoms with van der Waals surface area (Å²) in [5.74, 6) is 0.912. The van der Waals surface area contributed by atoms with E-state index in [4.69, 9.17) is 4.74 Å². The van der Waals surface area contributed by atoms with Gasteiger partial charge in [-0.15, -0.1) is 0 Å². The predicted octanol–water partition coefficient (Wildman–Crippen LogP) is 3.20. The molecule has 0 saturated heterocycles. The third-order valence-electron chi connectivity index (χ3n) is 1.95. The van der Waals surface area contributed by atoms with Crippen molar-refractivity contribution in [3.63, 3.8) is 0 Å². The quantitative estimate of drug-likeness (QED) is 0.448.